The van der Waals surface area contributed by atoms with Gasteiger partial charge in [-0.15, -0.1) is 0 Å². The van der Waals surface area contributed by atoms with Crippen molar-refractivity contribution in [2.75, 3.05) is 6.54 Å². The highest BCUT2D eigenvalue weighted by Crippen LogP contribution is 2.35. The average Bonchev–Trinajstić information content (AvgIpc) is 3.45. The van der Waals surface area contributed by atoms with Crippen LogP contribution in [0.2, 0.25) is 0 Å². The fourth-order valence-corrected chi connectivity index (χ4v) is 4.31. The predicted molar refractivity (Wildman–Crippen MR) is 127 cm³/mol. The van der Waals surface area contributed by atoms with Crippen molar-refractivity contribution >= 4 is 21.8 Å². The van der Waals surface area contributed by atoms with E-state index in [4.69, 9.17) is 0 Å². The van der Waals surface area contributed by atoms with Crippen molar-refractivity contribution < 1.29 is 0 Å². The largest absolute Gasteiger partial charge is 0.339 e. The minimum Gasteiger partial charge on any atom is -0.339 e. The number of nitrogens with one attached hydrogen (secondary N) is 1. The maximum atomic E-state index is 4.35. The van der Waals surface area contributed by atoms with E-state index in [1.54, 1.807) is 0 Å². The summed E-state index contributed by atoms with van der Waals surface area (Å²) < 4.78 is 6.13. The van der Waals surface area contributed by atoms with E-state index in [1.165, 1.54) is 32.9 Å². The Balaban J connectivity index is 1.68. The molecule has 0 unspecified atom stereocenters. The van der Waals surface area contributed by atoms with Crippen molar-refractivity contribution in [1.82, 2.24) is 29.4 Å². The monoisotopic (exact) mass is 412 g/mol. The SMILES string of the molecule is CC(C)NCCn1c2ccc(-c3cnn(C)c3)cc2c2cc(-c3cnn(C)c3)ccc21. The fourth-order valence-electron chi connectivity index (χ4n) is 4.31. The molecule has 5 rings (SSSR count). The van der Waals surface area contributed by atoms with Crippen LogP contribution < -0.4 is 5.32 Å². The number of rotatable bonds is 6. The van der Waals surface area contributed by atoms with Crippen LogP contribution in [0, 0.1) is 0 Å². The summed E-state index contributed by atoms with van der Waals surface area (Å²) in [5.41, 5.74) is 7.16. The second kappa shape index (κ2) is 7.71. The quantitative estimate of drug-likeness (QED) is 0.444. The average molecular weight is 413 g/mol. The standard InChI is InChI=1S/C25H28N6/c1-17(2)26-9-10-31-24-7-5-18(20-13-27-29(3)15-20)11-22(24)23-12-19(6-8-25(23)31)21-14-28-30(4)16-21/h5-8,11-17,26H,9-10H2,1-4H3. The molecular formula is C25H28N6. The van der Waals surface area contributed by atoms with E-state index >= 15 is 0 Å². The number of fused-ring (bicyclic) bond motifs is 3. The van der Waals surface area contributed by atoms with E-state index in [1.807, 2.05) is 35.9 Å². The molecule has 2 aromatic carbocycles. The minimum absolute atomic E-state index is 0.474. The summed E-state index contributed by atoms with van der Waals surface area (Å²) >= 11 is 0. The molecule has 0 radical (unpaired) electrons. The first kappa shape index (κ1) is 19.6. The molecule has 0 spiro atoms. The van der Waals surface area contributed by atoms with E-state index in [9.17, 15) is 0 Å². The Bertz CT molecular complexity index is 1270. The van der Waals surface area contributed by atoms with Crippen LogP contribution in [0.1, 0.15) is 13.8 Å². The van der Waals surface area contributed by atoms with Crippen molar-refractivity contribution in [3.05, 3.63) is 61.2 Å². The van der Waals surface area contributed by atoms with Gasteiger partial charge in [-0.2, -0.15) is 10.2 Å². The molecule has 0 fully saturated rings. The zero-order valence-electron chi connectivity index (χ0n) is 18.5. The molecule has 31 heavy (non-hydrogen) atoms. The number of aromatic nitrogens is 5. The highest BCUT2D eigenvalue weighted by molar-refractivity contribution is 6.10. The van der Waals surface area contributed by atoms with Gasteiger partial charge in [0.15, 0.2) is 0 Å². The van der Waals surface area contributed by atoms with E-state index in [0.717, 1.165) is 24.2 Å². The fraction of sp³-hybridized carbons (Fsp3) is 0.280. The molecule has 3 aromatic heterocycles. The van der Waals surface area contributed by atoms with Gasteiger partial charge in [-0.3, -0.25) is 9.36 Å². The third kappa shape index (κ3) is 3.64. The molecule has 158 valence electrons. The molecule has 0 bridgehead atoms. The van der Waals surface area contributed by atoms with E-state index < -0.39 is 0 Å². The molecule has 5 aromatic rings. The molecule has 0 aliphatic carbocycles. The van der Waals surface area contributed by atoms with Crippen molar-refractivity contribution in [3.8, 4) is 22.3 Å². The summed E-state index contributed by atoms with van der Waals surface area (Å²) in [4.78, 5) is 0. The van der Waals surface area contributed by atoms with Gasteiger partial charge in [0.25, 0.3) is 0 Å². The number of benzene rings is 2. The molecule has 1 N–H and O–H groups in total. The van der Waals surface area contributed by atoms with Gasteiger partial charge < -0.3 is 9.88 Å². The Labute approximate surface area is 182 Å². The van der Waals surface area contributed by atoms with Crippen LogP contribution >= 0.6 is 0 Å². The van der Waals surface area contributed by atoms with E-state index in [0.29, 0.717) is 6.04 Å². The lowest BCUT2D eigenvalue weighted by Crippen LogP contribution is -2.26. The second-order valence-corrected chi connectivity index (χ2v) is 8.53. The first-order chi connectivity index (χ1) is 15.0. The van der Waals surface area contributed by atoms with Crippen LogP contribution in [-0.2, 0) is 20.6 Å². The summed E-state index contributed by atoms with van der Waals surface area (Å²) in [7, 11) is 3.91. The Morgan fingerprint density at radius 2 is 1.29 bits per heavy atom. The van der Waals surface area contributed by atoms with Crippen LogP contribution in [-0.4, -0.2) is 36.7 Å². The molecular weight excluding hydrogens is 384 g/mol. The lowest BCUT2D eigenvalue weighted by molar-refractivity contribution is 0.553. The van der Waals surface area contributed by atoms with Crippen LogP contribution in [0.3, 0.4) is 0 Å². The van der Waals surface area contributed by atoms with Crippen molar-refractivity contribution in [2.24, 2.45) is 14.1 Å². The Kier molecular flexibility index (Phi) is 4.87. The van der Waals surface area contributed by atoms with Gasteiger partial charge in [0.2, 0.25) is 0 Å². The maximum absolute atomic E-state index is 4.35. The van der Waals surface area contributed by atoms with Crippen LogP contribution in [0.15, 0.2) is 61.2 Å². The molecule has 0 saturated heterocycles. The van der Waals surface area contributed by atoms with Gasteiger partial charge >= 0.3 is 0 Å². The second-order valence-electron chi connectivity index (χ2n) is 8.53. The summed E-state index contributed by atoms with van der Waals surface area (Å²) in [6.07, 6.45) is 7.98. The Morgan fingerprint density at radius 1 is 0.774 bits per heavy atom. The molecule has 0 aliphatic heterocycles. The Morgan fingerprint density at radius 3 is 1.71 bits per heavy atom. The number of hydrogen-bond donors (Lipinski definition) is 1. The van der Waals surface area contributed by atoms with E-state index in [2.05, 4.69) is 82.7 Å². The molecule has 0 atom stereocenters. The molecule has 6 nitrogen and oxygen atoms in total. The summed E-state index contributed by atoms with van der Waals surface area (Å²) in [6.45, 7) is 6.24. The van der Waals surface area contributed by atoms with Gasteiger partial charge in [0.05, 0.1) is 12.4 Å². The van der Waals surface area contributed by atoms with Gasteiger partial charge in [0.1, 0.15) is 0 Å². The summed E-state index contributed by atoms with van der Waals surface area (Å²) in [5, 5.41) is 14.8. The molecule has 0 saturated carbocycles. The third-order valence-corrected chi connectivity index (χ3v) is 5.83. The number of hydrogen-bond acceptors (Lipinski definition) is 3. The Hall–Kier alpha value is -3.38. The van der Waals surface area contributed by atoms with Crippen molar-refractivity contribution in [2.45, 2.75) is 26.4 Å². The van der Waals surface area contributed by atoms with Crippen LogP contribution in [0.4, 0.5) is 0 Å². The van der Waals surface area contributed by atoms with Crippen molar-refractivity contribution in [1.29, 1.82) is 0 Å². The first-order valence-electron chi connectivity index (χ1n) is 10.8. The van der Waals surface area contributed by atoms with E-state index in [-0.39, 0.29) is 0 Å². The minimum atomic E-state index is 0.474. The predicted octanol–water partition coefficient (Wildman–Crippen LogP) is 4.59. The number of nitrogens with zero attached hydrogens (tertiary/aromatic N) is 5. The van der Waals surface area contributed by atoms with Gasteiger partial charge in [-0.05, 0) is 35.4 Å². The lowest BCUT2D eigenvalue weighted by atomic mass is 10.0. The highest BCUT2D eigenvalue weighted by atomic mass is 15.2. The van der Waals surface area contributed by atoms with Gasteiger partial charge in [-0.1, -0.05) is 26.0 Å². The third-order valence-electron chi connectivity index (χ3n) is 5.83. The smallest absolute Gasteiger partial charge is 0.0568 e. The van der Waals surface area contributed by atoms with Gasteiger partial charge in [-0.25, -0.2) is 0 Å². The lowest BCUT2D eigenvalue weighted by Gasteiger charge is -2.11. The molecule has 3 heterocycles. The molecule has 0 aliphatic rings. The zero-order chi connectivity index (χ0) is 21.5. The summed E-state index contributed by atoms with van der Waals surface area (Å²) in [6, 6.07) is 14.0. The highest BCUT2D eigenvalue weighted by Gasteiger charge is 2.14. The molecule has 0 amide bonds. The van der Waals surface area contributed by atoms with Crippen molar-refractivity contribution in [3.63, 3.8) is 0 Å². The maximum Gasteiger partial charge on any atom is 0.0568 e. The first-order valence-corrected chi connectivity index (χ1v) is 10.8. The summed E-state index contributed by atoms with van der Waals surface area (Å²) in [5.74, 6) is 0. The normalized spacial score (nSPS) is 11.9. The van der Waals surface area contributed by atoms with Crippen LogP contribution in [0.25, 0.3) is 44.1 Å². The topological polar surface area (TPSA) is 52.6 Å². The zero-order valence-corrected chi connectivity index (χ0v) is 18.5. The molecule has 6 heteroatoms. The number of aryl methyl sites for hydroxylation is 2. The van der Waals surface area contributed by atoms with Crippen LogP contribution in [0.5, 0.6) is 0 Å². The van der Waals surface area contributed by atoms with Gasteiger partial charge in [0, 0.05) is 78.6 Å².